The van der Waals surface area contributed by atoms with Crippen LogP contribution in [0.15, 0.2) is 18.2 Å². The van der Waals surface area contributed by atoms with Gasteiger partial charge < -0.3 is 10.6 Å². The van der Waals surface area contributed by atoms with Gasteiger partial charge in [-0.2, -0.15) is 0 Å². The van der Waals surface area contributed by atoms with Crippen LogP contribution in [0, 0.1) is 32.6 Å². The van der Waals surface area contributed by atoms with Crippen molar-refractivity contribution in [2.75, 3.05) is 6.54 Å². The lowest BCUT2D eigenvalue weighted by Crippen LogP contribution is -2.46. The molecule has 1 aliphatic heterocycles. The lowest BCUT2D eigenvalue weighted by Gasteiger charge is -2.24. The predicted octanol–water partition coefficient (Wildman–Crippen LogP) is 2.68. The van der Waals surface area contributed by atoms with Gasteiger partial charge in [0.1, 0.15) is 11.7 Å². The second kappa shape index (κ2) is 5.66. The van der Waals surface area contributed by atoms with E-state index in [0.717, 1.165) is 33.0 Å². The largest absolute Gasteiger partial charge is 0.368 e. The topological polar surface area (TPSA) is 76.3 Å². The smallest absolute Gasteiger partial charge is 0.274 e. The summed E-state index contributed by atoms with van der Waals surface area (Å²) in [5.74, 6) is 0.0875. The van der Waals surface area contributed by atoms with E-state index in [1.54, 1.807) is 4.90 Å². The van der Waals surface area contributed by atoms with Gasteiger partial charge in [0.25, 0.3) is 5.91 Å². The van der Waals surface area contributed by atoms with Crippen LogP contribution in [0.2, 0.25) is 0 Å². The van der Waals surface area contributed by atoms with Crippen LogP contribution in [0.25, 0.3) is 10.4 Å². The zero-order valence-electron chi connectivity index (χ0n) is 14.6. The van der Waals surface area contributed by atoms with Crippen LogP contribution in [0.4, 0.5) is 0 Å². The monoisotopic (exact) mass is 355 g/mol. The molecule has 0 unspecified atom stereocenters. The number of aryl methyl sites for hydroxylation is 3. The molecule has 2 amide bonds. The van der Waals surface area contributed by atoms with Gasteiger partial charge in [-0.25, -0.2) is 4.98 Å². The molecule has 4 rings (SSSR count). The number of nitrogens with zero attached hydrogens (tertiary/aromatic N) is 2. The Kier molecular flexibility index (Phi) is 3.68. The normalized spacial score (nSPS) is 24.3. The zero-order valence-corrected chi connectivity index (χ0v) is 15.4. The number of carbonyl (C=O) groups excluding carboxylic acids is 2. The molecule has 1 aromatic carbocycles. The Morgan fingerprint density at radius 3 is 2.52 bits per heavy atom. The summed E-state index contributed by atoms with van der Waals surface area (Å²) in [7, 11) is 0. The number of thiazole rings is 1. The van der Waals surface area contributed by atoms with Crippen molar-refractivity contribution < 1.29 is 9.59 Å². The quantitative estimate of drug-likeness (QED) is 0.920. The first kappa shape index (κ1) is 16.3. The molecule has 1 aliphatic carbocycles. The van der Waals surface area contributed by atoms with Crippen molar-refractivity contribution >= 4 is 23.2 Å². The summed E-state index contributed by atoms with van der Waals surface area (Å²) < 4.78 is 0. The minimum Gasteiger partial charge on any atom is -0.368 e. The SMILES string of the molecule is Cc1cc(C)cc(-c2sc(C)nc2C(=O)N2C[C@@H]3C[C@@H]3[C@H]2C(N)=O)c1. The molecule has 0 bridgehead atoms. The van der Waals surface area contributed by atoms with E-state index in [9.17, 15) is 9.59 Å². The maximum absolute atomic E-state index is 13.2. The lowest BCUT2D eigenvalue weighted by atomic mass is 10.0. The van der Waals surface area contributed by atoms with Crippen molar-refractivity contribution in [1.82, 2.24) is 9.88 Å². The predicted molar refractivity (Wildman–Crippen MR) is 97.4 cm³/mol. The Morgan fingerprint density at radius 1 is 1.20 bits per heavy atom. The zero-order chi connectivity index (χ0) is 17.9. The molecule has 1 saturated heterocycles. The maximum atomic E-state index is 13.2. The second-order valence-electron chi connectivity index (χ2n) is 7.25. The number of piperidine rings is 1. The van der Waals surface area contributed by atoms with Crippen LogP contribution in [0.1, 0.15) is 33.0 Å². The summed E-state index contributed by atoms with van der Waals surface area (Å²) in [6.07, 6.45) is 0.997. The Hall–Kier alpha value is -2.21. The highest BCUT2D eigenvalue weighted by Crippen LogP contribution is 2.50. The molecule has 130 valence electrons. The first-order valence-electron chi connectivity index (χ1n) is 8.51. The summed E-state index contributed by atoms with van der Waals surface area (Å²) in [5.41, 5.74) is 9.31. The standard InChI is InChI=1S/C19H21N3O2S/c1-9-4-10(2)6-12(5-9)17-15(21-11(3)25-17)19(24)22-8-13-7-14(13)16(22)18(20)23/h4-6,13-14,16H,7-8H2,1-3H3,(H2,20,23)/t13-,14-,16-/m0/s1. The highest BCUT2D eigenvalue weighted by molar-refractivity contribution is 7.15. The van der Waals surface area contributed by atoms with Crippen molar-refractivity contribution in [3.63, 3.8) is 0 Å². The number of aromatic nitrogens is 1. The summed E-state index contributed by atoms with van der Waals surface area (Å²) in [6.45, 7) is 6.60. The second-order valence-corrected chi connectivity index (χ2v) is 8.45. The minimum atomic E-state index is -0.480. The van der Waals surface area contributed by atoms with Gasteiger partial charge in [-0.3, -0.25) is 9.59 Å². The van der Waals surface area contributed by atoms with Gasteiger partial charge in [-0.05, 0) is 44.6 Å². The third-order valence-corrected chi connectivity index (χ3v) is 6.14. The van der Waals surface area contributed by atoms with E-state index in [1.807, 2.05) is 20.8 Å². The summed E-state index contributed by atoms with van der Waals surface area (Å²) >= 11 is 1.52. The van der Waals surface area contributed by atoms with Crippen molar-refractivity contribution in [3.8, 4) is 10.4 Å². The maximum Gasteiger partial charge on any atom is 0.274 e. The van der Waals surface area contributed by atoms with Gasteiger partial charge in [-0.1, -0.05) is 29.3 Å². The van der Waals surface area contributed by atoms with Crippen LogP contribution in [0.5, 0.6) is 0 Å². The minimum absolute atomic E-state index is 0.172. The van der Waals surface area contributed by atoms with E-state index in [0.29, 0.717) is 18.2 Å². The Balaban J connectivity index is 1.74. The molecular weight excluding hydrogens is 334 g/mol. The summed E-state index contributed by atoms with van der Waals surface area (Å²) in [5, 5.41) is 0.845. The van der Waals surface area contributed by atoms with Crippen molar-refractivity contribution in [2.45, 2.75) is 33.2 Å². The molecule has 2 N–H and O–H groups in total. The van der Waals surface area contributed by atoms with Gasteiger partial charge >= 0.3 is 0 Å². The first-order valence-corrected chi connectivity index (χ1v) is 9.33. The van der Waals surface area contributed by atoms with Crippen LogP contribution in [-0.2, 0) is 4.79 Å². The average Bonchev–Trinajstić information content (AvgIpc) is 3.01. The number of carbonyl (C=O) groups is 2. The highest BCUT2D eigenvalue weighted by atomic mass is 32.1. The van der Waals surface area contributed by atoms with Gasteiger partial charge in [-0.15, -0.1) is 11.3 Å². The number of nitrogens with two attached hydrogens (primary N) is 1. The van der Waals surface area contributed by atoms with Gasteiger partial charge in [0.05, 0.1) is 9.88 Å². The van der Waals surface area contributed by atoms with Gasteiger partial charge in [0, 0.05) is 6.54 Å². The van der Waals surface area contributed by atoms with E-state index >= 15 is 0 Å². The van der Waals surface area contributed by atoms with Gasteiger partial charge in [0.15, 0.2) is 0 Å². The fourth-order valence-corrected chi connectivity index (χ4v) is 4.95. The Morgan fingerprint density at radius 2 is 1.88 bits per heavy atom. The number of rotatable bonds is 3. The van der Waals surface area contributed by atoms with E-state index in [2.05, 4.69) is 23.2 Å². The third-order valence-electron chi connectivity index (χ3n) is 5.12. The molecule has 2 heterocycles. The molecule has 2 aliphatic rings. The van der Waals surface area contributed by atoms with Crippen LogP contribution >= 0.6 is 11.3 Å². The van der Waals surface area contributed by atoms with E-state index in [4.69, 9.17) is 5.73 Å². The van der Waals surface area contributed by atoms with Crippen molar-refractivity contribution in [3.05, 3.63) is 40.0 Å². The molecule has 2 fully saturated rings. The molecule has 3 atom stereocenters. The fourth-order valence-electron chi connectivity index (χ4n) is 4.05. The molecule has 5 nitrogen and oxygen atoms in total. The number of hydrogen-bond donors (Lipinski definition) is 1. The molecular formula is C19H21N3O2S. The lowest BCUT2D eigenvalue weighted by molar-refractivity contribution is -0.122. The molecule has 1 saturated carbocycles. The number of likely N-dealkylation sites (tertiary alicyclic amines) is 1. The fraction of sp³-hybridized carbons (Fsp3) is 0.421. The first-order chi connectivity index (χ1) is 11.8. The molecule has 0 radical (unpaired) electrons. The van der Waals surface area contributed by atoms with Crippen LogP contribution < -0.4 is 5.73 Å². The van der Waals surface area contributed by atoms with E-state index in [-0.39, 0.29) is 11.8 Å². The van der Waals surface area contributed by atoms with Crippen LogP contribution in [0.3, 0.4) is 0 Å². The molecule has 1 aromatic heterocycles. The van der Waals surface area contributed by atoms with E-state index in [1.165, 1.54) is 11.3 Å². The number of primary amides is 1. The summed E-state index contributed by atoms with van der Waals surface area (Å²) in [4.78, 5) is 32.0. The van der Waals surface area contributed by atoms with Crippen molar-refractivity contribution in [1.29, 1.82) is 0 Å². The molecule has 25 heavy (non-hydrogen) atoms. The highest BCUT2D eigenvalue weighted by Gasteiger charge is 2.56. The van der Waals surface area contributed by atoms with Crippen molar-refractivity contribution in [2.24, 2.45) is 17.6 Å². The Bertz CT molecular complexity index is 869. The number of fused-ring (bicyclic) bond motifs is 1. The number of benzene rings is 1. The molecule has 0 spiro atoms. The van der Waals surface area contributed by atoms with E-state index < -0.39 is 11.9 Å². The number of hydrogen-bond acceptors (Lipinski definition) is 4. The third kappa shape index (κ3) is 2.74. The average molecular weight is 355 g/mol. The summed E-state index contributed by atoms with van der Waals surface area (Å²) in [6, 6.07) is 5.77. The number of amides is 2. The van der Waals surface area contributed by atoms with Crippen LogP contribution in [-0.4, -0.2) is 34.3 Å². The molecule has 6 heteroatoms. The van der Waals surface area contributed by atoms with Gasteiger partial charge in [0.2, 0.25) is 5.91 Å². The Labute approximate surface area is 150 Å². The molecule has 2 aromatic rings.